The van der Waals surface area contributed by atoms with Crippen molar-refractivity contribution in [3.8, 4) is 0 Å². The molecule has 4 heteroatoms. The molecule has 19 heavy (non-hydrogen) atoms. The fourth-order valence-electron chi connectivity index (χ4n) is 3.61. The summed E-state index contributed by atoms with van der Waals surface area (Å²) in [5.74, 6) is 0.481. The van der Waals surface area contributed by atoms with Gasteiger partial charge in [-0.15, -0.1) is 0 Å². The van der Waals surface area contributed by atoms with E-state index in [4.69, 9.17) is 4.74 Å². The number of carboxylic acid groups (broad SMARTS) is 1. The fourth-order valence-corrected chi connectivity index (χ4v) is 3.61. The van der Waals surface area contributed by atoms with Gasteiger partial charge in [-0.25, -0.2) is 0 Å². The van der Waals surface area contributed by atoms with Crippen LogP contribution < -0.4 is 0 Å². The maximum atomic E-state index is 11.4. The first kappa shape index (κ1) is 14.8. The summed E-state index contributed by atoms with van der Waals surface area (Å²) in [6.07, 6.45) is 5.72. The van der Waals surface area contributed by atoms with Gasteiger partial charge in [0.1, 0.15) is 6.04 Å². The lowest BCUT2D eigenvalue weighted by Gasteiger charge is -2.32. The standard InChI is InChI=1S/C15H27NO3/c1-11(2)10-19-8-7-16-13-6-4-3-5-12(13)9-14(16)15(17)18/h11-14H,3-10H2,1-2H3,(H,17,18)/t12-,13+,14-/m0/s1. The molecule has 0 unspecified atom stereocenters. The van der Waals surface area contributed by atoms with Crippen molar-refractivity contribution in [1.29, 1.82) is 0 Å². The van der Waals surface area contributed by atoms with Crippen LogP contribution in [-0.4, -0.2) is 47.8 Å². The third kappa shape index (κ3) is 3.69. The molecular formula is C15H27NO3. The lowest BCUT2D eigenvalue weighted by atomic mass is 9.85. The average Bonchev–Trinajstić information content (AvgIpc) is 2.73. The van der Waals surface area contributed by atoms with Crippen molar-refractivity contribution in [2.45, 2.75) is 58.0 Å². The van der Waals surface area contributed by atoms with E-state index in [0.717, 1.165) is 19.6 Å². The van der Waals surface area contributed by atoms with Crippen LogP contribution >= 0.6 is 0 Å². The number of carboxylic acids is 1. The average molecular weight is 269 g/mol. The number of aliphatic carboxylic acids is 1. The Bertz CT molecular complexity index is 306. The molecule has 1 saturated heterocycles. The maximum absolute atomic E-state index is 11.4. The molecule has 1 aliphatic carbocycles. The highest BCUT2D eigenvalue weighted by Gasteiger charge is 2.44. The van der Waals surface area contributed by atoms with Crippen LogP contribution in [0.2, 0.25) is 0 Å². The Hall–Kier alpha value is -0.610. The topological polar surface area (TPSA) is 49.8 Å². The molecule has 110 valence electrons. The Morgan fingerprint density at radius 2 is 2.11 bits per heavy atom. The van der Waals surface area contributed by atoms with E-state index in [1.165, 1.54) is 25.7 Å². The second-order valence-corrected chi connectivity index (χ2v) is 6.41. The van der Waals surface area contributed by atoms with Gasteiger partial charge in [-0.2, -0.15) is 0 Å². The Labute approximate surface area is 116 Å². The van der Waals surface area contributed by atoms with Crippen LogP contribution in [0.25, 0.3) is 0 Å². The van der Waals surface area contributed by atoms with E-state index in [-0.39, 0.29) is 6.04 Å². The SMILES string of the molecule is CC(C)COCCN1[C@@H]2CCCC[C@H]2C[C@H]1C(=O)O. The van der Waals surface area contributed by atoms with Crippen molar-refractivity contribution < 1.29 is 14.6 Å². The molecule has 0 amide bonds. The Kier molecular flexibility index (Phi) is 5.22. The summed E-state index contributed by atoms with van der Waals surface area (Å²) in [4.78, 5) is 13.6. The van der Waals surface area contributed by atoms with E-state index in [2.05, 4.69) is 18.7 Å². The molecule has 1 heterocycles. The summed E-state index contributed by atoms with van der Waals surface area (Å²) in [5, 5.41) is 9.39. The number of fused-ring (bicyclic) bond motifs is 1. The first-order valence-corrected chi connectivity index (χ1v) is 7.66. The number of carbonyl (C=O) groups is 1. The molecule has 0 radical (unpaired) electrons. The molecule has 4 nitrogen and oxygen atoms in total. The van der Waals surface area contributed by atoms with E-state index in [1.807, 2.05) is 0 Å². The van der Waals surface area contributed by atoms with E-state index >= 15 is 0 Å². The zero-order chi connectivity index (χ0) is 13.8. The van der Waals surface area contributed by atoms with E-state index in [9.17, 15) is 9.90 Å². The van der Waals surface area contributed by atoms with Crippen molar-refractivity contribution in [1.82, 2.24) is 4.90 Å². The molecule has 3 atom stereocenters. The summed E-state index contributed by atoms with van der Waals surface area (Å²) in [7, 11) is 0. The lowest BCUT2D eigenvalue weighted by Crippen LogP contribution is -2.44. The van der Waals surface area contributed by atoms with Crippen molar-refractivity contribution in [3.05, 3.63) is 0 Å². The predicted molar refractivity (Wildman–Crippen MR) is 74.1 cm³/mol. The first-order valence-electron chi connectivity index (χ1n) is 7.66. The molecule has 0 aromatic rings. The minimum atomic E-state index is -0.654. The molecule has 2 aliphatic rings. The molecule has 1 N–H and O–H groups in total. The number of nitrogens with zero attached hydrogens (tertiary/aromatic N) is 1. The van der Waals surface area contributed by atoms with Gasteiger partial charge < -0.3 is 9.84 Å². The predicted octanol–water partition coefficient (Wildman–Crippen LogP) is 2.38. The van der Waals surface area contributed by atoms with Crippen LogP contribution in [0.15, 0.2) is 0 Å². The largest absolute Gasteiger partial charge is 0.480 e. The number of ether oxygens (including phenoxy) is 1. The first-order chi connectivity index (χ1) is 9.09. The summed E-state index contributed by atoms with van der Waals surface area (Å²) >= 11 is 0. The Morgan fingerprint density at radius 3 is 2.79 bits per heavy atom. The van der Waals surface area contributed by atoms with Gasteiger partial charge in [-0.3, -0.25) is 9.69 Å². The van der Waals surface area contributed by atoms with E-state index < -0.39 is 5.97 Å². The van der Waals surface area contributed by atoms with Gasteiger partial charge in [0.15, 0.2) is 0 Å². The zero-order valence-corrected chi connectivity index (χ0v) is 12.2. The third-order valence-electron chi connectivity index (χ3n) is 4.45. The summed E-state index contributed by atoms with van der Waals surface area (Å²) in [6, 6.07) is 0.202. The molecule has 1 aliphatic heterocycles. The van der Waals surface area contributed by atoms with Crippen molar-refractivity contribution in [3.63, 3.8) is 0 Å². The molecule has 0 aromatic carbocycles. The molecule has 2 rings (SSSR count). The summed E-state index contributed by atoms with van der Waals surface area (Å²) < 4.78 is 5.63. The van der Waals surface area contributed by atoms with Gasteiger partial charge >= 0.3 is 5.97 Å². The lowest BCUT2D eigenvalue weighted by molar-refractivity contribution is -0.143. The summed E-state index contributed by atoms with van der Waals surface area (Å²) in [5.41, 5.74) is 0. The van der Waals surface area contributed by atoms with E-state index in [0.29, 0.717) is 24.5 Å². The number of hydrogen-bond acceptors (Lipinski definition) is 3. The number of likely N-dealkylation sites (tertiary alicyclic amines) is 1. The van der Waals surface area contributed by atoms with Gasteiger partial charge in [-0.1, -0.05) is 26.7 Å². The van der Waals surface area contributed by atoms with Crippen LogP contribution in [-0.2, 0) is 9.53 Å². The van der Waals surface area contributed by atoms with E-state index in [1.54, 1.807) is 0 Å². The van der Waals surface area contributed by atoms with Gasteiger partial charge in [0, 0.05) is 19.2 Å². The Morgan fingerprint density at radius 1 is 1.37 bits per heavy atom. The number of hydrogen-bond donors (Lipinski definition) is 1. The van der Waals surface area contributed by atoms with Crippen LogP contribution in [0, 0.1) is 11.8 Å². The monoisotopic (exact) mass is 269 g/mol. The highest BCUT2D eigenvalue weighted by molar-refractivity contribution is 5.74. The van der Waals surface area contributed by atoms with Crippen LogP contribution in [0.3, 0.4) is 0 Å². The third-order valence-corrected chi connectivity index (χ3v) is 4.45. The highest BCUT2D eigenvalue weighted by atomic mass is 16.5. The normalized spacial score (nSPS) is 31.6. The van der Waals surface area contributed by atoms with Gasteiger partial charge in [-0.05, 0) is 31.1 Å². The zero-order valence-electron chi connectivity index (χ0n) is 12.2. The maximum Gasteiger partial charge on any atom is 0.320 e. The highest BCUT2D eigenvalue weighted by Crippen LogP contribution is 2.39. The second-order valence-electron chi connectivity index (χ2n) is 6.41. The van der Waals surface area contributed by atoms with Crippen molar-refractivity contribution in [2.24, 2.45) is 11.8 Å². The molecule has 2 fully saturated rings. The smallest absolute Gasteiger partial charge is 0.320 e. The van der Waals surface area contributed by atoms with Gasteiger partial charge in [0.25, 0.3) is 0 Å². The molecular weight excluding hydrogens is 242 g/mol. The molecule has 0 aromatic heterocycles. The van der Waals surface area contributed by atoms with Crippen LogP contribution in [0.4, 0.5) is 0 Å². The second kappa shape index (κ2) is 6.71. The van der Waals surface area contributed by atoms with Crippen molar-refractivity contribution >= 4 is 5.97 Å². The molecule has 0 spiro atoms. The molecule has 0 bridgehead atoms. The van der Waals surface area contributed by atoms with Crippen molar-refractivity contribution in [2.75, 3.05) is 19.8 Å². The van der Waals surface area contributed by atoms with Gasteiger partial charge in [0.05, 0.1) is 6.61 Å². The van der Waals surface area contributed by atoms with Crippen LogP contribution in [0.1, 0.15) is 46.0 Å². The van der Waals surface area contributed by atoms with Gasteiger partial charge in [0.2, 0.25) is 0 Å². The fraction of sp³-hybridized carbons (Fsp3) is 0.933. The summed E-state index contributed by atoms with van der Waals surface area (Å²) in [6.45, 7) is 6.45. The minimum Gasteiger partial charge on any atom is -0.480 e. The Balaban J connectivity index is 1.88. The minimum absolute atomic E-state index is 0.282. The quantitative estimate of drug-likeness (QED) is 0.752. The molecule has 1 saturated carbocycles. The number of rotatable bonds is 6. The van der Waals surface area contributed by atoms with Crippen LogP contribution in [0.5, 0.6) is 0 Å².